The predicted octanol–water partition coefficient (Wildman–Crippen LogP) is 4.10. The average Bonchev–Trinajstić information content (AvgIpc) is 2.98. The van der Waals surface area contributed by atoms with Crippen LogP contribution in [0.4, 0.5) is 13.2 Å². The minimum atomic E-state index is -4.49. The number of guanidine groups is 1. The number of nitrogens with zero attached hydrogens (tertiary/aromatic N) is 3. The monoisotopic (exact) mass is 525 g/mol. The van der Waals surface area contributed by atoms with Crippen LogP contribution in [0.25, 0.3) is 0 Å². The van der Waals surface area contributed by atoms with E-state index in [1.54, 1.807) is 44.8 Å². The van der Waals surface area contributed by atoms with Gasteiger partial charge in [0.15, 0.2) is 5.96 Å². The molecule has 1 aromatic carbocycles. The van der Waals surface area contributed by atoms with Crippen molar-refractivity contribution in [3.8, 4) is 5.75 Å². The van der Waals surface area contributed by atoms with Crippen molar-refractivity contribution in [3.05, 3.63) is 47.3 Å². The smallest absolute Gasteiger partial charge is 0.416 e. The number of alkyl halides is 3. The summed E-state index contributed by atoms with van der Waals surface area (Å²) < 4.78 is 47.8. The first kappa shape index (κ1) is 25.1. The van der Waals surface area contributed by atoms with Crippen molar-refractivity contribution in [3.63, 3.8) is 0 Å². The number of hydrogen-bond donors (Lipinski definition) is 2. The first-order valence-electron chi connectivity index (χ1n) is 8.80. The quantitative estimate of drug-likeness (QED) is 0.351. The maximum atomic E-state index is 13.5. The van der Waals surface area contributed by atoms with Crippen LogP contribution in [0, 0.1) is 0 Å². The minimum Gasteiger partial charge on any atom is -0.488 e. The largest absolute Gasteiger partial charge is 0.488 e. The summed E-state index contributed by atoms with van der Waals surface area (Å²) in [5.41, 5.74) is -0.288. The van der Waals surface area contributed by atoms with Gasteiger partial charge in [0, 0.05) is 26.8 Å². The van der Waals surface area contributed by atoms with E-state index in [1.807, 2.05) is 13.1 Å². The van der Waals surface area contributed by atoms with Crippen molar-refractivity contribution in [2.45, 2.75) is 45.6 Å². The normalized spacial score (nSPS) is 12.3. The zero-order valence-corrected chi connectivity index (χ0v) is 19.4. The van der Waals surface area contributed by atoms with Crippen LogP contribution in [0.3, 0.4) is 0 Å². The number of hydrogen-bond acceptors (Lipinski definition) is 3. The summed E-state index contributed by atoms with van der Waals surface area (Å²) in [5.74, 6) is 0.576. The van der Waals surface area contributed by atoms with Crippen molar-refractivity contribution in [2.24, 2.45) is 12.0 Å². The third kappa shape index (κ3) is 7.75. The van der Waals surface area contributed by atoms with Crippen LogP contribution >= 0.6 is 24.0 Å². The number of ether oxygens (including phenoxy) is 1. The van der Waals surface area contributed by atoms with Crippen LogP contribution in [0.5, 0.6) is 5.75 Å². The lowest BCUT2D eigenvalue weighted by atomic mass is 10.1. The molecule has 0 saturated heterocycles. The lowest BCUT2D eigenvalue weighted by Crippen LogP contribution is -2.37. The molecule has 0 aliphatic heterocycles. The van der Waals surface area contributed by atoms with Gasteiger partial charge in [-0.05, 0) is 44.5 Å². The predicted molar refractivity (Wildman–Crippen MR) is 117 cm³/mol. The first-order valence-corrected chi connectivity index (χ1v) is 8.80. The van der Waals surface area contributed by atoms with Gasteiger partial charge in [0.25, 0.3) is 0 Å². The second-order valence-electron chi connectivity index (χ2n) is 7.26. The van der Waals surface area contributed by atoms with Crippen LogP contribution in [-0.4, -0.2) is 28.4 Å². The standard InChI is InChI=1S/C19H26F3N5O.HI/c1-18(2,3)28-15-7-6-13(16(10-15)19(20,21)22)11-24-17(23-4)25-12-14-8-9-26-27(14)5;/h6-10H,11-12H2,1-5H3,(H2,23,24,25);1H. The number of aliphatic imine (C=N–C) groups is 1. The summed E-state index contributed by atoms with van der Waals surface area (Å²) >= 11 is 0. The van der Waals surface area contributed by atoms with Crippen molar-refractivity contribution < 1.29 is 17.9 Å². The number of benzene rings is 1. The summed E-state index contributed by atoms with van der Waals surface area (Å²) in [6.45, 7) is 5.77. The van der Waals surface area contributed by atoms with E-state index in [1.165, 1.54) is 6.07 Å². The molecule has 0 aliphatic rings. The van der Waals surface area contributed by atoms with E-state index in [2.05, 4.69) is 20.7 Å². The SMILES string of the molecule is CN=C(NCc1ccc(OC(C)(C)C)cc1C(F)(F)F)NCc1ccnn1C.I. The van der Waals surface area contributed by atoms with E-state index >= 15 is 0 Å². The molecule has 0 fully saturated rings. The molecule has 2 rings (SSSR count). The Bertz CT molecular complexity index is 828. The van der Waals surface area contributed by atoms with Gasteiger partial charge in [0.1, 0.15) is 11.4 Å². The van der Waals surface area contributed by atoms with Crippen LogP contribution in [-0.2, 0) is 26.3 Å². The van der Waals surface area contributed by atoms with E-state index in [0.29, 0.717) is 12.5 Å². The van der Waals surface area contributed by atoms with E-state index in [9.17, 15) is 13.2 Å². The Morgan fingerprint density at radius 3 is 2.31 bits per heavy atom. The molecule has 162 valence electrons. The average molecular weight is 525 g/mol. The number of rotatable bonds is 5. The maximum Gasteiger partial charge on any atom is 0.416 e. The van der Waals surface area contributed by atoms with Crippen LogP contribution in [0.15, 0.2) is 35.5 Å². The van der Waals surface area contributed by atoms with Crippen molar-refractivity contribution in [1.29, 1.82) is 0 Å². The molecule has 0 radical (unpaired) electrons. The fourth-order valence-corrected chi connectivity index (χ4v) is 2.54. The van der Waals surface area contributed by atoms with Gasteiger partial charge in [-0.1, -0.05) is 6.07 Å². The fraction of sp³-hybridized carbons (Fsp3) is 0.474. The van der Waals surface area contributed by atoms with Gasteiger partial charge in [-0.25, -0.2) is 0 Å². The zero-order chi connectivity index (χ0) is 20.9. The molecule has 0 saturated carbocycles. The van der Waals surface area contributed by atoms with E-state index in [0.717, 1.165) is 11.8 Å². The molecule has 2 N–H and O–H groups in total. The summed E-state index contributed by atoms with van der Waals surface area (Å²) in [5, 5.41) is 10.0. The number of aryl methyl sites for hydroxylation is 1. The molecule has 0 aliphatic carbocycles. The first-order chi connectivity index (χ1) is 13.0. The van der Waals surface area contributed by atoms with Crippen molar-refractivity contribution in [2.75, 3.05) is 7.05 Å². The third-order valence-electron chi connectivity index (χ3n) is 3.84. The second kappa shape index (κ2) is 10.2. The number of nitrogens with one attached hydrogen (secondary N) is 2. The molecule has 0 spiro atoms. The Hall–Kier alpha value is -1.98. The molecule has 2 aromatic rings. The van der Waals surface area contributed by atoms with E-state index < -0.39 is 17.3 Å². The summed E-state index contributed by atoms with van der Waals surface area (Å²) in [6.07, 6.45) is -2.82. The van der Waals surface area contributed by atoms with Crippen LogP contribution < -0.4 is 15.4 Å². The van der Waals surface area contributed by atoms with Gasteiger partial charge < -0.3 is 15.4 Å². The van der Waals surface area contributed by atoms with Gasteiger partial charge in [-0.2, -0.15) is 18.3 Å². The maximum absolute atomic E-state index is 13.5. The lowest BCUT2D eigenvalue weighted by Gasteiger charge is -2.23. The molecule has 6 nitrogen and oxygen atoms in total. The van der Waals surface area contributed by atoms with Gasteiger partial charge in [0.05, 0.1) is 17.8 Å². The van der Waals surface area contributed by atoms with Crippen molar-refractivity contribution >= 4 is 29.9 Å². The Morgan fingerprint density at radius 2 is 1.79 bits per heavy atom. The Morgan fingerprint density at radius 1 is 1.14 bits per heavy atom. The minimum absolute atomic E-state index is 0. The Labute approximate surface area is 185 Å². The van der Waals surface area contributed by atoms with Crippen molar-refractivity contribution in [1.82, 2.24) is 20.4 Å². The summed E-state index contributed by atoms with van der Waals surface area (Å²) in [6, 6.07) is 5.85. The van der Waals surface area contributed by atoms with E-state index in [4.69, 9.17) is 4.74 Å². The highest BCUT2D eigenvalue weighted by molar-refractivity contribution is 14.0. The number of halogens is 4. The molecule has 0 atom stereocenters. The molecular formula is C19H27F3IN5O. The molecule has 0 bridgehead atoms. The fourth-order valence-electron chi connectivity index (χ4n) is 2.54. The Balaban J connectivity index is 0.00000420. The molecule has 10 heteroatoms. The molecule has 29 heavy (non-hydrogen) atoms. The van der Waals surface area contributed by atoms with Crippen LogP contribution in [0.2, 0.25) is 0 Å². The van der Waals surface area contributed by atoms with E-state index in [-0.39, 0.29) is 41.8 Å². The topological polar surface area (TPSA) is 63.5 Å². The second-order valence-corrected chi connectivity index (χ2v) is 7.26. The third-order valence-corrected chi connectivity index (χ3v) is 3.84. The van der Waals surface area contributed by atoms with Gasteiger partial charge >= 0.3 is 6.18 Å². The molecule has 0 unspecified atom stereocenters. The number of aromatic nitrogens is 2. The van der Waals surface area contributed by atoms with Gasteiger partial charge in [-0.15, -0.1) is 24.0 Å². The summed E-state index contributed by atoms with van der Waals surface area (Å²) in [7, 11) is 3.37. The van der Waals surface area contributed by atoms with Gasteiger partial charge in [0.2, 0.25) is 0 Å². The van der Waals surface area contributed by atoms with Gasteiger partial charge in [-0.3, -0.25) is 9.67 Å². The molecule has 1 heterocycles. The highest BCUT2D eigenvalue weighted by Crippen LogP contribution is 2.35. The zero-order valence-electron chi connectivity index (χ0n) is 17.1. The highest BCUT2D eigenvalue weighted by atomic mass is 127. The molecule has 1 aromatic heterocycles. The molecular weight excluding hydrogens is 498 g/mol. The molecule has 0 amide bonds. The Kier molecular flexibility index (Phi) is 8.79. The lowest BCUT2D eigenvalue weighted by molar-refractivity contribution is -0.138. The highest BCUT2D eigenvalue weighted by Gasteiger charge is 2.34. The summed E-state index contributed by atoms with van der Waals surface area (Å²) in [4.78, 5) is 4.05. The van der Waals surface area contributed by atoms with Crippen LogP contribution in [0.1, 0.15) is 37.6 Å².